The van der Waals surface area contributed by atoms with Gasteiger partial charge in [0.2, 0.25) is 11.8 Å². The van der Waals surface area contributed by atoms with Gasteiger partial charge in [-0.15, -0.1) is 0 Å². The molecule has 2 aromatic carbocycles. The van der Waals surface area contributed by atoms with Crippen LogP contribution in [-0.2, 0) is 19.1 Å². The van der Waals surface area contributed by atoms with E-state index >= 15 is 0 Å². The number of benzene rings is 2. The number of imidazole rings is 2. The molecule has 5 aromatic rings. The summed E-state index contributed by atoms with van der Waals surface area (Å²) >= 11 is 0. The number of aromatic nitrogens is 5. The Bertz CT molecular complexity index is 2680. The Morgan fingerprint density at radius 2 is 1.27 bits per heavy atom. The summed E-state index contributed by atoms with van der Waals surface area (Å²) in [6, 6.07) is 12.3. The molecule has 5 heterocycles. The SMILES string of the molecule is COC(=O)NC(C(=O)N1CCCC1c1ncc(-c2ccc3cc(-c4cc5nc(C6CCCN6C(=O)C(NC(=O)OC)C6=CCC=CC6)[nH]c5cn4)ccc3c2)[nH]1)C1=CCC=CC1. The number of H-pyrrole nitrogens is 2. The first-order valence-corrected chi connectivity index (χ1v) is 21.2. The summed E-state index contributed by atoms with van der Waals surface area (Å²) < 4.78 is 9.73. The van der Waals surface area contributed by atoms with E-state index in [0.717, 1.165) is 81.2 Å². The number of methoxy groups -OCH3 is 2. The summed E-state index contributed by atoms with van der Waals surface area (Å²) in [5, 5.41) is 7.62. The zero-order valence-corrected chi connectivity index (χ0v) is 34.7. The molecule has 9 rings (SSSR count). The molecule has 62 heavy (non-hydrogen) atoms. The molecule has 2 aliphatic carbocycles. The standard InChI is InChI=1S/C47H49N9O6/c1-61-46(59)53-40(28-11-5-3-6-12-28)44(57)55-21-9-15-38(55)42-49-26-36(51-42)33-20-18-30-23-32(19-17-31(30)24-33)34-25-35-37(27-48-34)52-43(50-35)39-16-10-22-56(39)45(58)41(54-47(60)62-2)29-13-7-4-8-14-29/h3-5,7,12,14,17-20,23-27,38-41H,6,8-11,13,15-16,21-22H2,1-2H3,(H,49,51)(H,50,52)(H,53,59)(H,54,60). The number of ether oxygens (including phenoxy) is 2. The number of fused-ring (bicyclic) bond motifs is 2. The summed E-state index contributed by atoms with van der Waals surface area (Å²) in [5.74, 6) is 1.05. The smallest absolute Gasteiger partial charge is 0.407 e. The predicted octanol–water partition coefficient (Wildman–Crippen LogP) is 7.50. The normalized spacial score (nSPS) is 19.6. The van der Waals surface area contributed by atoms with Gasteiger partial charge in [-0.2, -0.15) is 0 Å². The van der Waals surface area contributed by atoms with E-state index in [1.807, 2.05) is 64.6 Å². The van der Waals surface area contributed by atoms with Gasteiger partial charge in [-0.3, -0.25) is 14.6 Å². The lowest BCUT2D eigenvalue weighted by molar-refractivity contribution is -0.134. The molecular weight excluding hydrogens is 787 g/mol. The van der Waals surface area contributed by atoms with E-state index in [1.165, 1.54) is 14.2 Å². The molecule has 4 aliphatic rings. The number of nitrogens with zero attached hydrogens (tertiary/aromatic N) is 5. The third-order valence-corrected chi connectivity index (χ3v) is 12.3. The van der Waals surface area contributed by atoms with Crippen LogP contribution in [0.4, 0.5) is 9.59 Å². The van der Waals surface area contributed by atoms with Gasteiger partial charge in [0.25, 0.3) is 0 Å². The highest BCUT2D eigenvalue weighted by molar-refractivity contribution is 5.92. The van der Waals surface area contributed by atoms with Gasteiger partial charge in [-0.1, -0.05) is 60.7 Å². The van der Waals surface area contributed by atoms with Gasteiger partial charge in [-0.05, 0) is 91.5 Å². The minimum Gasteiger partial charge on any atom is -0.453 e. The number of likely N-dealkylation sites (tertiary alicyclic amines) is 2. The van der Waals surface area contributed by atoms with Crippen molar-refractivity contribution in [1.82, 2.24) is 45.4 Å². The molecule has 0 spiro atoms. The van der Waals surface area contributed by atoms with Crippen molar-refractivity contribution in [2.24, 2.45) is 0 Å². The highest BCUT2D eigenvalue weighted by atomic mass is 16.5. The minimum absolute atomic E-state index is 0.168. The molecule has 15 nitrogen and oxygen atoms in total. The molecule has 4 unspecified atom stereocenters. The fraction of sp³-hybridized carbons (Fsp3) is 0.340. The van der Waals surface area contributed by atoms with Gasteiger partial charge in [0.15, 0.2) is 0 Å². The fourth-order valence-electron chi connectivity index (χ4n) is 9.12. The molecule has 2 fully saturated rings. The maximum atomic E-state index is 14.0. The number of nitrogens with one attached hydrogen (secondary N) is 4. The third-order valence-electron chi connectivity index (χ3n) is 12.3. The molecule has 0 saturated carbocycles. The number of rotatable bonds is 10. The molecule has 4 amide bonds. The topological polar surface area (TPSA) is 188 Å². The van der Waals surface area contributed by atoms with Crippen molar-refractivity contribution in [2.45, 2.75) is 75.5 Å². The van der Waals surface area contributed by atoms with Crippen LogP contribution in [0.1, 0.15) is 75.1 Å². The molecule has 2 saturated heterocycles. The number of pyridine rings is 1. The van der Waals surface area contributed by atoms with Crippen LogP contribution >= 0.6 is 0 Å². The van der Waals surface area contributed by atoms with Crippen molar-refractivity contribution in [3.8, 4) is 22.5 Å². The second-order valence-corrected chi connectivity index (χ2v) is 16.1. The Labute approximate surface area is 358 Å². The van der Waals surface area contributed by atoms with Crippen molar-refractivity contribution < 1.29 is 28.7 Å². The van der Waals surface area contributed by atoms with E-state index in [1.54, 1.807) is 6.20 Å². The number of aromatic amines is 2. The fourth-order valence-corrected chi connectivity index (χ4v) is 9.12. The van der Waals surface area contributed by atoms with Crippen LogP contribution in [-0.4, -0.2) is 98.1 Å². The zero-order chi connectivity index (χ0) is 42.7. The second kappa shape index (κ2) is 17.5. The number of alkyl carbamates (subject to hydrolysis) is 2. The minimum atomic E-state index is -0.814. The van der Waals surface area contributed by atoms with E-state index in [4.69, 9.17) is 24.4 Å². The van der Waals surface area contributed by atoms with Crippen LogP contribution in [0.3, 0.4) is 0 Å². The van der Waals surface area contributed by atoms with Crippen LogP contribution in [0.2, 0.25) is 0 Å². The summed E-state index contributed by atoms with van der Waals surface area (Å²) in [7, 11) is 2.59. The highest BCUT2D eigenvalue weighted by Crippen LogP contribution is 2.36. The number of hydrogen-bond donors (Lipinski definition) is 4. The van der Waals surface area contributed by atoms with Gasteiger partial charge >= 0.3 is 12.2 Å². The van der Waals surface area contributed by atoms with Crippen LogP contribution < -0.4 is 10.6 Å². The Balaban J connectivity index is 0.908. The predicted molar refractivity (Wildman–Crippen MR) is 233 cm³/mol. The van der Waals surface area contributed by atoms with Crippen molar-refractivity contribution in [3.05, 3.63) is 114 Å². The highest BCUT2D eigenvalue weighted by Gasteiger charge is 2.39. The lowest BCUT2D eigenvalue weighted by atomic mass is 9.97. The van der Waals surface area contributed by atoms with Gasteiger partial charge in [0.1, 0.15) is 23.7 Å². The van der Waals surface area contributed by atoms with Crippen LogP contribution in [0.15, 0.2) is 102 Å². The van der Waals surface area contributed by atoms with Gasteiger partial charge in [-0.25, -0.2) is 19.6 Å². The molecule has 3 aromatic heterocycles. The molecule has 318 valence electrons. The first kappa shape index (κ1) is 40.4. The number of allylic oxidation sites excluding steroid dienone is 6. The number of amides is 4. The summed E-state index contributed by atoms with van der Waals surface area (Å²) in [4.78, 5) is 77.7. The second-order valence-electron chi connectivity index (χ2n) is 16.1. The summed E-state index contributed by atoms with van der Waals surface area (Å²) in [6.45, 7) is 1.13. The van der Waals surface area contributed by atoms with Crippen molar-refractivity contribution >= 4 is 45.8 Å². The number of carbonyl (C=O) groups excluding carboxylic acids is 4. The van der Waals surface area contributed by atoms with E-state index in [-0.39, 0.29) is 23.9 Å². The molecule has 0 radical (unpaired) electrons. The van der Waals surface area contributed by atoms with Crippen molar-refractivity contribution in [1.29, 1.82) is 0 Å². The number of carbonyl (C=O) groups is 4. The maximum Gasteiger partial charge on any atom is 0.407 e. The lowest BCUT2D eigenvalue weighted by Gasteiger charge is -2.29. The largest absolute Gasteiger partial charge is 0.453 e. The van der Waals surface area contributed by atoms with Crippen LogP contribution in [0.5, 0.6) is 0 Å². The molecule has 4 atom stereocenters. The summed E-state index contributed by atoms with van der Waals surface area (Å²) in [6.07, 6.45) is 20.2. The zero-order valence-electron chi connectivity index (χ0n) is 34.7. The van der Waals surface area contributed by atoms with E-state index < -0.39 is 24.3 Å². The molecular formula is C47H49N9O6. The monoisotopic (exact) mass is 835 g/mol. The van der Waals surface area contributed by atoms with E-state index in [9.17, 15) is 19.2 Å². The van der Waals surface area contributed by atoms with Crippen molar-refractivity contribution in [3.63, 3.8) is 0 Å². The molecule has 2 aliphatic heterocycles. The van der Waals surface area contributed by atoms with Gasteiger partial charge in [0.05, 0.1) is 61.1 Å². The van der Waals surface area contributed by atoms with Crippen LogP contribution in [0.25, 0.3) is 44.3 Å². The molecule has 0 bridgehead atoms. The Morgan fingerprint density at radius 1 is 0.694 bits per heavy atom. The van der Waals surface area contributed by atoms with E-state index in [2.05, 4.69) is 50.9 Å². The summed E-state index contributed by atoms with van der Waals surface area (Å²) in [5.41, 5.74) is 6.75. The quantitative estimate of drug-likeness (QED) is 0.103. The Hall–Kier alpha value is -7.03. The first-order valence-electron chi connectivity index (χ1n) is 21.2. The lowest BCUT2D eigenvalue weighted by Crippen LogP contribution is -2.49. The van der Waals surface area contributed by atoms with E-state index in [0.29, 0.717) is 50.4 Å². The third kappa shape index (κ3) is 8.09. The first-order chi connectivity index (χ1) is 30.3. The van der Waals surface area contributed by atoms with Crippen LogP contribution in [0, 0.1) is 0 Å². The Kier molecular flexibility index (Phi) is 11.4. The average molecular weight is 836 g/mol. The van der Waals surface area contributed by atoms with Gasteiger partial charge in [0, 0.05) is 24.2 Å². The van der Waals surface area contributed by atoms with Crippen molar-refractivity contribution in [2.75, 3.05) is 27.3 Å². The number of hydrogen-bond acceptors (Lipinski definition) is 9. The van der Waals surface area contributed by atoms with Gasteiger partial charge < -0.3 is 39.9 Å². The molecule has 4 N–H and O–H groups in total. The molecule has 15 heteroatoms. The Morgan fingerprint density at radius 3 is 1.85 bits per heavy atom. The average Bonchev–Trinajstić information content (AvgIpc) is 4.16. The maximum absolute atomic E-state index is 14.0.